The summed E-state index contributed by atoms with van der Waals surface area (Å²) in [7, 11) is -3.45. The minimum Gasteiger partial charge on any atom is -0.329 e. The van der Waals surface area contributed by atoms with E-state index in [9.17, 15) is 8.42 Å². The Morgan fingerprint density at radius 3 is 2.67 bits per heavy atom. The summed E-state index contributed by atoms with van der Waals surface area (Å²) in [5.41, 5.74) is 5.95. The van der Waals surface area contributed by atoms with Crippen LogP contribution in [-0.4, -0.2) is 21.5 Å². The number of hydrogen-bond acceptors (Lipinski definition) is 3. The van der Waals surface area contributed by atoms with Gasteiger partial charge in [0, 0.05) is 18.1 Å². The zero-order valence-corrected chi connectivity index (χ0v) is 9.90. The van der Waals surface area contributed by atoms with Crippen molar-refractivity contribution in [2.45, 2.75) is 11.8 Å². The number of sulfonamides is 1. The SMILES string of the molecule is Cc1cc(S(=O)(=O)NCCN)ccc1Cl. The fourth-order valence-electron chi connectivity index (χ4n) is 1.06. The van der Waals surface area contributed by atoms with Crippen LogP contribution in [0.2, 0.25) is 5.02 Å². The van der Waals surface area contributed by atoms with Crippen LogP contribution in [0.5, 0.6) is 0 Å². The summed E-state index contributed by atoms with van der Waals surface area (Å²) in [6.07, 6.45) is 0. The maximum atomic E-state index is 11.6. The van der Waals surface area contributed by atoms with Gasteiger partial charge in [-0.1, -0.05) is 11.6 Å². The third-order valence-corrected chi connectivity index (χ3v) is 3.76. The summed E-state index contributed by atoms with van der Waals surface area (Å²) in [6, 6.07) is 4.56. The van der Waals surface area contributed by atoms with Crippen LogP contribution < -0.4 is 10.5 Å². The van der Waals surface area contributed by atoms with Crippen molar-refractivity contribution >= 4 is 21.6 Å². The predicted molar refractivity (Wildman–Crippen MR) is 60.4 cm³/mol. The Kier molecular flexibility index (Phi) is 4.10. The molecule has 1 aromatic rings. The molecule has 0 aromatic heterocycles. The summed E-state index contributed by atoms with van der Waals surface area (Å²) < 4.78 is 25.7. The van der Waals surface area contributed by atoms with Crippen molar-refractivity contribution in [2.75, 3.05) is 13.1 Å². The van der Waals surface area contributed by atoms with Crippen LogP contribution in [0.15, 0.2) is 23.1 Å². The van der Waals surface area contributed by atoms with Crippen LogP contribution in [0.25, 0.3) is 0 Å². The summed E-state index contributed by atoms with van der Waals surface area (Å²) in [5.74, 6) is 0. The quantitative estimate of drug-likeness (QED) is 0.831. The molecule has 0 aliphatic rings. The van der Waals surface area contributed by atoms with E-state index in [2.05, 4.69) is 4.72 Å². The number of nitrogens with one attached hydrogen (secondary N) is 1. The number of rotatable bonds is 4. The largest absolute Gasteiger partial charge is 0.329 e. The molecule has 0 saturated heterocycles. The first-order valence-electron chi connectivity index (χ1n) is 4.43. The molecule has 0 bridgehead atoms. The first kappa shape index (κ1) is 12.4. The highest BCUT2D eigenvalue weighted by Crippen LogP contribution is 2.18. The van der Waals surface area contributed by atoms with Gasteiger partial charge in [0.05, 0.1) is 4.90 Å². The molecule has 0 amide bonds. The highest BCUT2D eigenvalue weighted by atomic mass is 35.5. The van der Waals surface area contributed by atoms with Crippen molar-refractivity contribution in [3.05, 3.63) is 28.8 Å². The zero-order chi connectivity index (χ0) is 11.5. The Labute approximate surface area is 94.5 Å². The van der Waals surface area contributed by atoms with E-state index >= 15 is 0 Å². The molecule has 0 fully saturated rings. The van der Waals surface area contributed by atoms with E-state index in [-0.39, 0.29) is 18.0 Å². The minimum atomic E-state index is -3.45. The van der Waals surface area contributed by atoms with Gasteiger partial charge < -0.3 is 5.73 Å². The van der Waals surface area contributed by atoms with Crippen molar-refractivity contribution in [3.63, 3.8) is 0 Å². The maximum absolute atomic E-state index is 11.6. The smallest absolute Gasteiger partial charge is 0.240 e. The molecule has 4 nitrogen and oxygen atoms in total. The first-order chi connectivity index (χ1) is 6.97. The summed E-state index contributed by atoms with van der Waals surface area (Å²) >= 11 is 5.80. The van der Waals surface area contributed by atoms with Crippen LogP contribution in [0, 0.1) is 6.92 Å². The van der Waals surface area contributed by atoms with E-state index in [1.54, 1.807) is 13.0 Å². The lowest BCUT2D eigenvalue weighted by atomic mass is 10.2. The molecule has 0 aliphatic carbocycles. The average molecular weight is 249 g/mol. The van der Waals surface area contributed by atoms with Crippen LogP contribution in [0.3, 0.4) is 0 Å². The molecule has 84 valence electrons. The zero-order valence-electron chi connectivity index (χ0n) is 8.33. The molecule has 0 heterocycles. The second-order valence-corrected chi connectivity index (χ2v) is 5.27. The Bertz CT molecular complexity index is 445. The molecular formula is C9H13ClN2O2S. The van der Waals surface area contributed by atoms with Gasteiger partial charge >= 0.3 is 0 Å². The number of nitrogens with two attached hydrogens (primary N) is 1. The van der Waals surface area contributed by atoms with Crippen LogP contribution in [0.1, 0.15) is 5.56 Å². The normalized spacial score (nSPS) is 11.7. The lowest BCUT2D eigenvalue weighted by molar-refractivity contribution is 0.582. The molecule has 0 aliphatic heterocycles. The summed E-state index contributed by atoms with van der Waals surface area (Å²) in [4.78, 5) is 0.206. The first-order valence-corrected chi connectivity index (χ1v) is 6.29. The van der Waals surface area contributed by atoms with Crippen molar-refractivity contribution in [1.29, 1.82) is 0 Å². The van der Waals surface area contributed by atoms with Gasteiger partial charge in [-0.3, -0.25) is 0 Å². The molecule has 0 radical (unpaired) electrons. The van der Waals surface area contributed by atoms with Crippen molar-refractivity contribution in [2.24, 2.45) is 5.73 Å². The van der Waals surface area contributed by atoms with Gasteiger partial charge in [-0.15, -0.1) is 0 Å². The number of halogens is 1. The van der Waals surface area contributed by atoms with E-state index in [0.717, 1.165) is 5.56 Å². The minimum absolute atomic E-state index is 0.206. The van der Waals surface area contributed by atoms with E-state index < -0.39 is 10.0 Å². The Morgan fingerprint density at radius 2 is 2.13 bits per heavy atom. The topological polar surface area (TPSA) is 72.2 Å². The molecule has 1 aromatic carbocycles. The van der Waals surface area contributed by atoms with Crippen LogP contribution in [-0.2, 0) is 10.0 Å². The Hall–Kier alpha value is -0.620. The van der Waals surface area contributed by atoms with E-state index in [1.807, 2.05) is 0 Å². The second kappa shape index (κ2) is 4.94. The van der Waals surface area contributed by atoms with Crippen LogP contribution in [0.4, 0.5) is 0 Å². The molecule has 0 spiro atoms. The molecule has 1 rings (SSSR count). The molecule has 15 heavy (non-hydrogen) atoms. The molecule has 0 atom stereocenters. The van der Waals surface area contributed by atoms with E-state index in [0.29, 0.717) is 5.02 Å². The molecule has 6 heteroatoms. The monoisotopic (exact) mass is 248 g/mol. The predicted octanol–water partition coefficient (Wildman–Crippen LogP) is 0.885. The number of hydrogen-bond donors (Lipinski definition) is 2. The number of aryl methyl sites for hydroxylation is 1. The van der Waals surface area contributed by atoms with Gasteiger partial charge in [-0.25, -0.2) is 13.1 Å². The summed E-state index contributed by atoms with van der Waals surface area (Å²) in [6.45, 7) is 2.25. The van der Waals surface area contributed by atoms with Gasteiger partial charge in [0.1, 0.15) is 0 Å². The van der Waals surface area contributed by atoms with Crippen molar-refractivity contribution < 1.29 is 8.42 Å². The lowest BCUT2D eigenvalue weighted by Gasteiger charge is -2.06. The van der Waals surface area contributed by atoms with Crippen molar-refractivity contribution in [3.8, 4) is 0 Å². The second-order valence-electron chi connectivity index (χ2n) is 3.10. The van der Waals surface area contributed by atoms with Gasteiger partial charge in [0.15, 0.2) is 0 Å². The molecule has 3 N–H and O–H groups in total. The highest BCUT2D eigenvalue weighted by Gasteiger charge is 2.13. The fourth-order valence-corrected chi connectivity index (χ4v) is 2.31. The third kappa shape index (κ3) is 3.17. The van der Waals surface area contributed by atoms with Gasteiger partial charge in [-0.05, 0) is 30.7 Å². The Balaban J connectivity index is 3.00. The average Bonchev–Trinajstić information content (AvgIpc) is 2.19. The van der Waals surface area contributed by atoms with Gasteiger partial charge in [-0.2, -0.15) is 0 Å². The van der Waals surface area contributed by atoms with E-state index in [4.69, 9.17) is 17.3 Å². The molecular weight excluding hydrogens is 236 g/mol. The molecule has 0 unspecified atom stereocenters. The third-order valence-electron chi connectivity index (χ3n) is 1.88. The number of benzene rings is 1. The molecule has 0 saturated carbocycles. The maximum Gasteiger partial charge on any atom is 0.240 e. The van der Waals surface area contributed by atoms with Gasteiger partial charge in [0.25, 0.3) is 0 Å². The fraction of sp³-hybridized carbons (Fsp3) is 0.333. The van der Waals surface area contributed by atoms with Crippen LogP contribution >= 0.6 is 11.6 Å². The van der Waals surface area contributed by atoms with Crippen molar-refractivity contribution in [1.82, 2.24) is 4.72 Å². The highest BCUT2D eigenvalue weighted by molar-refractivity contribution is 7.89. The van der Waals surface area contributed by atoms with Gasteiger partial charge in [0.2, 0.25) is 10.0 Å². The lowest BCUT2D eigenvalue weighted by Crippen LogP contribution is -2.29. The Morgan fingerprint density at radius 1 is 1.47 bits per heavy atom. The summed E-state index contributed by atoms with van der Waals surface area (Å²) in [5, 5.41) is 0.549. The van der Waals surface area contributed by atoms with E-state index in [1.165, 1.54) is 12.1 Å². The standard InChI is InChI=1S/C9H13ClN2O2S/c1-7-6-8(2-3-9(7)10)15(13,14)12-5-4-11/h2-3,6,12H,4-5,11H2,1H3.